The third-order valence-electron chi connectivity index (χ3n) is 5.69. The van der Waals surface area contributed by atoms with E-state index in [2.05, 4.69) is 28.4 Å². The van der Waals surface area contributed by atoms with Crippen LogP contribution >= 0.6 is 0 Å². The van der Waals surface area contributed by atoms with Crippen molar-refractivity contribution in [1.29, 1.82) is 5.26 Å². The maximum Gasteiger partial charge on any atom is 0.280 e. The van der Waals surface area contributed by atoms with Gasteiger partial charge in [0.25, 0.3) is 11.5 Å². The van der Waals surface area contributed by atoms with E-state index in [-0.39, 0.29) is 17.5 Å². The first-order valence-electron chi connectivity index (χ1n) is 10.1. The van der Waals surface area contributed by atoms with E-state index < -0.39 is 0 Å². The molecule has 4 rings (SSSR count). The molecule has 0 aliphatic heterocycles. The van der Waals surface area contributed by atoms with Gasteiger partial charge in [-0.2, -0.15) is 5.26 Å². The summed E-state index contributed by atoms with van der Waals surface area (Å²) in [6.45, 7) is 2.25. The van der Waals surface area contributed by atoms with Crippen molar-refractivity contribution < 1.29 is 4.79 Å². The molecule has 2 heterocycles. The van der Waals surface area contributed by atoms with Gasteiger partial charge in [-0.1, -0.05) is 19.1 Å². The van der Waals surface area contributed by atoms with Crippen LogP contribution in [0.15, 0.2) is 53.6 Å². The Labute approximate surface area is 174 Å². The summed E-state index contributed by atoms with van der Waals surface area (Å²) in [5.41, 5.74) is 1.96. The molecule has 7 heteroatoms. The molecule has 2 aromatic heterocycles. The van der Waals surface area contributed by atoms with Gasteiger partial charge in [0.2, 0.25) is 0 Å². The number of nitriles is 1. The Bertz CT molecular complexity index is 1130. The largest absolute Gasteiger partial charge is 0.349 e. The van der Waals surface area contributed by atoms with Gasteiger partial charge in [0.1, 0.15) is 0 Å². The average molecular weight is 401 g/mol. The topological polar surface area (TPSA) is 104 Å². The molecule has 0 spiro atoms. The van der Waals surface area contributed by atoms with Gasteiger partial charge >= 0.3 is 0 Å². The first-order valence-corrected chi connectivity index (χ1v) is 10.1. The Morgan fingerprint density at radius 2 is 1.90 bits per heavy atom. The number of aromatic amines is 1. The number of H-pyrrole nitrogens is 1. The van der Waals surface area contributed by atoms with Gasteiger partial charge in [0.05, 0.1) is 22.8 Å². The number of rotatable bonds is 4. The number of carbonyl (C=O) groups is 1. The number of amides is 1. The van der Waals surface area contributed by atoms with Gasteiger partial charge in [0, 0.05) is 18.4 Å². The molecule has 0 bridgehead atoms. The van der Waals surface area contributed by atoms with Crippen molar-refractivity contribution in [2.24, 2.45) is 5.92 Å². The minimum absolute atomic E-state index is 0.134. The first kappa shape index (κ1) is 19.6. The molecule has 0 saturated heterocycles. The van der Waals surface area contributed by atoms with E-state index in [1.54, 1.807) is 42.6 Å². The van der Waals surface area contributed by atoms with Crippen molar-refractivity contribution in [1.82, 2.24) is 20.1 Å². The Kier molecular flexibility index (Phi) is 5.48. The molecule has 0 unspecified atom stereocenters. The maximum atomic E-state index is 12.8. The summed E-state index contributed by atoms with van der Waals surface area (Å²) in [6.07, 6.45) is 7.39. The van der Waals surface area contributed by atoms with Gasteiger partial charge < -0.3 is 5.32 Å². The Morgan fingerprint density at radius 1 is 1.17 bits per heavy atom. The third kappa shape index (κ3) is 4.03. The lowest BCUT2D eigenvalue weighted by molar-refractivity contribution is 0.0922. The van der Waals surface area contributed by atoms with Crippen LogP contribution in [0.4, 0.5) is 0 Å². The lowest BCUT2D eigenvalue weighted by Gasteiger charge is -2.26. The molecule has 0 radical (unpaired) electrons. The van der Waals surface area contributed by atoms with E-state index in [0.717, 1.165) is 31.6 Å². The standard InChI is InChI=1S/C23H23N5O2/c1-15-2-9-19(10-3-15)27-22(29)18-8-11-21(25-13-18)28-23(30)20(14-26-28)17-6-4-16(12-24)5-7-17/h4-8,11,13-15,19,26H,2-3,9-10H2,1H3,(H,27,29). The Balaban J connectivity index is 1.49. The number of carbonyl (C=O) groups excluding carboxylic acids is 1. The molecule has 1 aliphatic rings. The van der Waals surface area contributed by atoms with E-state index in [0.29, 0.717) is 28.1 Å². The summed E-state index contributed by atoms with van der Waals surface area (Å²) < 4.78 is 1.33. The number of hydrogen-bond donors (Lipinski definition) is 2. The molecule has 7 nitrogen and oxygen atoms in total. The van der Waals surface area contributed by atoms with E-state index in [1.165, 1.54) is 10.9 Å². The summed E-state index contributed by atoms with van der Waals surface area (Å²) in [5, 5.41) is 14.9. The zero-order chi connectivity index (χ0) is 21.1. The van der Waals surface area contributed by atoms with Gasteiger partial charge in [-0.25, -0.2) is 9.67 Å². The van der Waals surface area contributed by atoms with E-state index in [9.17, 15) is 9.59 Å². The highest BCUT2D eigenvalue weighted by Crippen LogP contribution is 2.23. The van der Waals surface area contributed by atoms with Crippen LogP contribution in [0.1, 0.15) is 48.5 Å². The van der Waals surface area contributed by atoms with Gasteiger partial charge in [0.15, 0.2) is 5.82 Å². The highest BCUT2D eigenvalue weighted by atomic mass is 16.2. The monoisotopic (exact) mass is 401 g/mol. The number of nitrogens with zero attached hydrogens (tertiary/aromatic N) is 3. The molecule has 2 N–H and O–H groups in total. The second-order valence-electron chi connectivity index (χ2n) is 7.85. The molecule has 3 aromatic rings. The molecule has 152 valence electrons. The summed E-state index contributed by atoms with van der Waals surface area (Å²) in [6, 6.07) is 12.4. The fourth-order valence-electron chi connectivity index (χ4n) is 3.80. The van der Waals surface area contributed by atoms with Crippen LogP contribution in [0, 0.1) is 17.2 Å². The van der Waals surface area contributed by atoms with Gasteiger partial charge in [-0.15, -0.1) is 0 Å². The molecule has 1 amide bonds. The van der Waals surface area contributed by atoms with Crippen molar-refractivity contribution in [3.8, 4) is 23.0 Å². The molecular formula is C23H23N5O2. The van der Waals surface area contributed by atoms with Crippen LogP contribution in [0.25, 0.3) is 16.9 Å². The highest BCUT2D eigenvalue weighted by molar-refractivity contribution is 5.94. The Hall–Kier alpha value is -3.66. The zero-order valence-electron chi connectivity index (χ0n) is 16.8. The van der Waals surface area contributed by atoms with Crippen molar-refractivity contribution in [3.63, 3.8) is 0 Å². The number of aromatic nitrogens is 3. The van der Waals surface area contributed by atoms with Crippen LogP contribution in [0.3, 0.4) is 0 Å². The molecule has 1 fully saturated rings. The van der Waals surface area contributed by atoms with Crippen molar-refractivity contribution in [2.45, 2.75) is 38.6 Å². The second kappa shape index (κ2) is 8.37. The van der Waals surface area contributed by atoms with E-state index in [1.807, 2.05) is 0 Å². The minimum atomic E-state index is -0.249. The normalized spacial score (nSPS) is 18.5. The summed E-state index contributed by atoms with van der Waals surface area (Å²) in [5.74, 6) is 1.00. The SMILES string of the molecule is CC1CCC(NC(=O)c2ccc(-n3[nH]cc(-c4ccc(C#N)cc4)c3=O)nc2)CC1. The minimum Gasteiger partial charge on any atom is -0.349 e. The van der Waals surface area contributed by atoms with Crippen LogP contribution in [0.5, 0.6) is 0 Å². The first-order chi connectivity index (χ1) is 14.5. The van der Waals surface area contributed by atoms with Crippen LogP contribution in [-0.2, 0) is 0 Å². The lowest BCUT2D eigenvalue weighted by atomic mass is 9.87. The summed E-state index contributed by atoms with van der Waals surface area (Å²) in [4.78, 5) is 29.6. The fraction of sp³-hybridized carbons (Fsp3) is 0.304. The highest BCUT2D eigenvalue weighted by Gasteiger charge is 2.20. The van der Waals surface area contributed by atoms with Crippen molar-refractivity contribution in [3.05, 3.63) is 70.3 Å². The van der Waals surface area contributed by atoms with E-state index in [4.69, 9.17) is 5.26 Å². The van der Waals surface area contributed by atoms with Crippen molar-refractivity contribution >= 4 is 5.91 Å². The second-order valence-corrected chi connectivity index (χ2v) is 7.85. The number of pyridine rings is 1. The molecular weight excluding hydrogens is 378 g/mol. The number of hydrogen-bond acceptors (Lipinski definition) is 4. The van der Waals surface area contributed by atoms with Crippen LogP contribution in [-0.4, -0.2) is 26.7 Å². The average Bonchev–Trinajstić information content (AvgIpc) is 3.16. The maximum absolute atomic E-state index is 12.8. The zero-order valence-corrected chi connectivity index (χ0v) is 16.8. The fourth-order valence-corrected chi connectivity index (χ4v) is 3.80. The smallest absolute Gasteiger partial charge is 0.280 e. The Morgan fingerprint density at radius 3 is 2.53 bits per heavy atom. The molecule has 1 aliphatic carbocycles. The molecule has 30 heavy (non-hydrogen) atoms. The predicted octanol–water partition coefficient (Wildman–Crippen LogP) is 3.41. The molecule has 0 atom stereocenters. The number of benzene rings is 1. The van der Waals surface area contributed by atoms with E-state index >= 15 is 0 Å². The quantitative estimate of drug-likeness (QED) is 0.699. The summed E-state index contributed by atoms with van der Waals surface area (Å²) in [7, 11) is 0. The van der Waals surface area contributed by atoms with Crippen molar-refractivity contribution in [2.75, 3.05) is 0 Å². The molecule has 1 saturated carbocycles. The van der Waals surface area contributed by atoms with Gasteiger partial charge in [-0.3, -0.25) is 14.7 Å². The number of nitrogens with one attached hydrogen (secondary N) is 2. The summed E-state index contributed by atoms with van der Waals surface area (Å²) >= 11 is 0. The van der Waals surface area contributed by atoms with Crippen LogP contribution < -0.4 is 10.9 Å². The predicted molar refractivity (Wildman–Crippen MR) is 113 cm³/mol. The van der Waals surface area contributed by atoms with Gasteiger partial charge in [-0.05, 0) is 61.4 Å². The third-order valence-corrected chi connectivity index (χ3v) is 5.69. The van der Waals surface area contributed by atoms with Crippen LogP contribution in [0.2, 0.25) is 0 Å². The molecule has 1 aromatic carbocycles. The lowest BCUT2D eigenvalue weighted by Crippen LogP contribution is -2.37.